The minimum atomic E-state index is -1.24. The number of hydrogen-bond acceptors (Lipinski definition) is 4. The van der Waals surface area contributed by atoms with Crippen molar-refractivity contribution in [3.63, 3.8) is 0 Å². The predicted octanol–water partition coefficient (Wildman–Crippen LogP) is 3.04. The normalized spacial score (nSPS) is 34.2. The Hall–Kier alpha value is -1.91. The molecule has 4 nitrogen and oxygen atoms in total. The summed E-state index contributed by atoms with van der Waals surface area (Å²) in [5.41, 5.74) is 1.72. The summed E-state index contributed by atoms with van der Waals surface area (Å²) in [7, 11) is 0. The Morgan fingerprint density at radius 2 is 2.08 bits per heavy atom. The molecule has 1 aromatic carbocycles. The molecule has 0 amide bonds. The summed E-state index contributed by atoms with van der Waals surface area (Å²) in [6.07, 6.45) is 6.34. The van der Waals surface area contributed by atoms with Gasteiger partial charge in [0.2, 0.25) is 0 Å². The summed E-state index contributed by atoms with van der Waals surface area (Å²) in [6.45, 7) is 2.16. The summed E-state index contributed by atoms with van der Waals surface area (Å²) in [4.78, 5) is 4.13. The number of phenols is 1. The highest BCUT2D eigenvalue weighted by atomic mass is 16.3. The van der Waals surface area contributed by atoms with Crippen molar-refractivity contribution in [2.45, 2.75) is 56.1 Å². The molecule has 2 aliphatic carbocycles. The molecule has 4 atom stereocenters. The van der Waals surface area contributed by atoms with Crippen LogP contribution in [0.4, 0.5) is 0 Å². The van der Waals surface area contributed by atoms with Crippen LogP contribution < -0.4 is 0 Å². The van der Waals surface area contributed by atoms with E-state index in [9.17, 15) is 15.3 Å². The summed E-state index contributed by atoms with van der Waals surface area (Å²) in [6, 6.07) is 9.27. The molecule has 0 radical (unpaired) electrons. The third kappa shape index (κ3) is 2.39. The van der Waals surface area contributed by atoms with E-state index in [1.165, 1.54) is 11.1 Å². The number of pyridine rings is 1. The largest absolute Gasteiger partial charge is 0.508 e. The second-order valence-electron chi connectivity index (χ2n) is 7.68. The fraction of sp³-hybridized carbons (Fsp3) is 0.476. The van der Waals surface area contributed by atoms with Gasteiger partial charge in [0, 0.05) is 23.4 Å². The number of aliphatic hydroxyl groups is 2. The van der Waals surface area contributed by atoms with Crippen molar-refractivity contribution >= 4 is 0 Å². The van der Waals surface area contributed by atoms with Gasteiger partial charge in [0.1, 0.15) is 11.4 Å². The third-order valence-corrected chi connectivity index (χ3v) is 6.63. The quantitative estimate of drug-likeness (QED) is 0.786. The molecule has 0 saturated heterocycles. The number of fused-ring (bicyclic) bond motifs is 3. The molecule has 4 rings (SSSR count). The smallest absolute Gasteiger partial charge is 0.117 e. The van der Waals surface area contributed by atoms with Gasteiger partial charge in [-0.05, 0) is 67.3 Å². The van der Waals surface area contributed by atoms with Gasteiger partial charge in [-0.3, -0.25) is 4.98 Å². The molecule has 4 heteroatoms. The number of nitrogens with zero attached hydrogens (tertiary/aromatic N) is 1. The molecule has 2 aromatic rings. The lowest BCUT2D eigenvalue weighted by atomic mass is 9.52. The molecule has 0 bridgehead atoms. The zero-order chi connectivity index (χ0) is 17.7. The molecule has 2 aliphatic rings. The fourth-order valence-electron chi connectivity index (χ4n) is 5.25. The van der Waals surface area contributed by atoms with Crippen molar-refractivity contribution in [2.24, 2.45) is 5.92 Å². The highest BCUT2D eigenvalue weighted by Gasteiger charge is 2.55. The molecular weight excluding hydrogens is 314 g/mol. The molecule has 1 saturated carbocycles. The first-order valence-corrected chi connectivity index (χ1v) is 9.13. The number of hydrogen-bond donors (Lipinski definition) is 3. The standard InChI is InChI=1S/C21H25NO3/c1-2-20-12-19(24)21(25,16-4-3-9-22-13-16)11-15(20)6-5-14-10-17(23)7-8-18(14)20/h3-4,7-10,13,15,19,23-25H,2,5-6,11-12H2,1H3/t15-,19?,20?,21?/m1/s1. The van der Waals surface area contributed by atoms with Crippen molar-refractivity contribution in [2.75, 3.05) is 0 Å². The Bertz CT molecular complexity index is 778. The minimum absolute atomic E-state index is 0.144. The number of aryl methyl sites for hydroxylation is 1. The van der Waals surface area contributed by atoms with Crippen molar-refractivity contribution in [3.05, 3.63) is 59.4 Å². The Morgan fingerprint density at radius 1 is 1.24 bits per heavy atom. The molecule has 0 aliphatic heterocycles. The van der Waals surface area contributed by atoms with Crippen LogP contribution in [0.15, 0.2) is 42.7 Å². The number of aromatic nitrogens is 1. The van der Waals surface area contributed by atoms with E-state index in [0.717, 1.165) is 19.3 Å². The van der Waals surface area contributed by atoms with Gasteiger partial charge in [-0.25, -0.2) is 0 Å². The molecule has 1 fully saturated rings. The van der Waals surface area contributed by atoms with E-state index in [2.05, 4.69) is 11.9 Å². The highest BCUT2D eigenvalue weighted by molar-refractivity contribution is 5.44. The van der Waals surface area contributed by atoms with Crippen LogP contribution in [0.1, 0.15) is 49.3 Å². The van der Waals surface area contributed by atoms with E-state index in [-0.39, 0.29) is 5.41 Å². The lowest BCUT2D eigenvalue weighted by Gasteiger charge is -2.55. The number of benzene rings is 1. The van der Waals surface area contributed by atoms with E-state index in [4.69, 9.17) is 0 Å². The second kappa shape index (κ2) is 5.82. The molecule has 25 heavy (non-hydrogen) atoms. The van der Waals surface area contributed by atoms with E-state index in [1.54, 1.807) is 24.5 Å². The van der Waals surface area contributed by atoms with Crippen molar-refractivity contribution in [3.8, 4) is 5.75 Å². The number of aliphatic hydroxyl groups excluding tert-OH is 1. The first-order valence-electron chi connectivity index (χ1n) is 9.13. The minimum Gasteiger partial charge on any atom is -0.508 e. The first-order chi connectivity index (χ1) is 12.0. The van der Waals surface area contributed by atoms with Crippen molar-refractivity contribution in [1.29, 1.82) is 0 Å². The maximum Gasteiger partial charge on any atom is 0.117 e. The van der Waals surface area contributed by atoms with Gasteiger partial charge in [0.05, 0.1) is 6.10 Å². The van der Waals surface area contributed by atoms with Gasteiger partial charge in [-0.15, -0.1) is 0 Å². The van der Waals surface area contributed by atoms with E-state index < -0.39 is 11.7 Å². The summed E-state index contributed by atoms with van der Waals surface area (Å²) >= 11 is 0. The number of rotatable bonds is 2. The second-order valence-corrected chi connectivity index (χ2v) is 7.68. The van der Waals surface area contributed by atoms with Gasteiger partial charge in [-0.1, -0.05) is 19.1 Å². The third-order valence-electron chi connectivity index (χ3n) is 6.63. The average molecular weight is 339 g/mol. The van der Waals surface area contributed by atoms with Gasteiger partial charge >= 0.3 is 0 Å². The Labute approximate surface area is 148 Å². The maximum absolute atomic E-state index is 11.3. The Balaban J connectivity index is 1.77. The zero-order valence-electron chi connectivity index (χ0n) is 14.5. The molecule has 0 spiro atoms. The summed E-state index contributed by atoms with van der Waals surface area (Å²) in [5.74, 6) is 0.592. The van der Waals surface area contributed by atoms with Crippen LogP contribution in [0.5, 0.6) is 5.75 Å². The predicted molar refractivity (Wildman–Crippen MR) is 95.3 cm³/mol. The monoisotopic (exact) mass is 339 g/mol. The molecule has 132 valence electrons. The van der Waals surface area contributed by atoms with Crippen LogP contribution in [0.25, 0.3) is 0 Å². The van der Waals surface area contributed by atoms with Gasteiger partial charge < -0.3 is 15.3 Å². The SMILES string of the molecule is CCC12CC(O)C(O)(c3cccnc3)C[C@H]1CCc1cc(O)ccc12. The zero-order valence-corrected chi connectivity index (χ0v) is 14.5. The highest BCUT2D eigenvalue weighted by Crippen LogP contribution is 2.56. The van der Waals surface area contributed by atoms with Crippen LogP contribution >= 0.6 is 0 Å². The molecular formula is C21H25NO3. The van der Waals surface area contributed by atoms with Crippen LogP contribution in [0.2, 0.25) is 0 Å². The van der Waals surface area contributed by atoms with Crippen molar-refractivity contribution in [1.82, 2.24) is 4.98 Å². The maximum atomic E-state index is 11.3. The van der Waals surface area contributed by atoms with Gasteiger partial charge in [0.25, 0.3) is 0 Å². The summed E-state index contributed by atoms with van der Waals surface area (Å²) in [5, 5.41) is 32.1. The lowest BCUT2D eigenvalue weighted by molar-refractivity contribution is -0.146. The van der Waals surface area contributed by atoms with E-state index in [1.807, 2.05) is 18.2 Å². The van der Waals surface area contributed by atoms with Crippen LogP contribution in [0, 0.1) is 5.92 Å². The molecule has 1 heterocycles. The van der Waals surface area contributed by atoms with Crippen LogP contribution in [-0.2, 0) is 17.4 Å². The Kier molecular flexibility index (Phi) is 3.85. The Morgan fingerprint density at radius 3 is 2.80 bits per heavy atom. The summed E-state index contributed by atoms with van der Waals surface area (Å²) < 4.78 is 0. The number of aromatic hydroxyl groups is 1. The molecule has 3 unspecified atom stereocenters. The van der Waals surface area contributed by atoms with Crippen LogP contribution in [-0.4, -0.2) is 26.4 Å². The van der Waals surface area contributed by atoms with Gasteiger partial charge in [0.15, 0.2) is 0 Å². The number of phenolic OH excluding ortho intramolecular Hbond substituents is 1. The van der Waals surface area contributed by atoms with E-state index >= 15 is 0 Å². The topological polar surface area (TPSA) is 73.6 Å². The van der Waals surface area contributed by atoms with Gasteiger partial charge in [-0.2, -0.15) is 0 Å². The fourth-order valence-corrected chi connectivity index (χ4v) is 5.25. The van der Waals surface area contributed by atoms with Crippen molar-refractivity contribution < 1.29 is 15.3 Å². The molecule has 3 N–H and O–H groups in total. The first kappa shape index (κ1) is 16.6. The average Bonchev–Trinajstić information content (AvgIpc) is 2.63. The van der Waals surface area contributed by atoms with Crippen LogP contribution in [0.3, 0.4) is 0 Å². The lowest BCUT2D eigenvalue weighted by Crippen LogP contribution is -2.56. The van der Waals surface area contributed by atoms with E-state index in [0.29, 0.717) is 30.1 Å². The molecule has 1 aromatic heterocycles.